The van der Waals surface area contributed by atoms with Crippen molar-refractivity contribution in [2.45, 2.75) is 117 Å². The molecule has 3 nitrogen and oxygen atoms in total. The highest BCUT2D eigenvalue weighted by Gasteiger charge is 2.64. The Morgan fingerprint density at radius 3 is 0.933 bits per heavy atom. The molecule has 0 aromatic carbocycles. The summed E-state index contributed by atoms with van der Waals surface area (Å²) in [5, 5.41) is 0. The van der Waals surface area contributed by atoms with Crippen LogP contribution in [0.2, 0.25) is 103 Å². The molecule has 0 aromatic rings. The molecule has 0 aliphatic heterocycles. The second-order valence-corrected chi connectivity index (χ2v) is 49.2. The van der Waals surface area contributed by atoms with Gasteiger partial charge in [0.2, 0.25) is 0 Å². The number of hydrogen-bond donors (Lipinski definition) is 0. The van der Waals surface area contributed by atoms with Crippen molar-refractivity contribution in [2.24, 2.45) is 0 Å². The Morgan fingerprint density at radius 1 is 0.500 bits per heavy atom. The molecule has 0 aliphatic rings. The van der Waals surface area contributed by atoms with Crippen LogP contribution in [-0.2, 0) is 0 Å². The fourth-order valence-electron chi connectivity index (χ4n) is 7.15. The smallest absolute Gasteiger partial charge is 0.163 e. The summed E-state index contributed by atoms with van der Waals surface area (Å²) in [4.78, 5) is 2.46. The summed E-state index contributed by atoms with van der Waals surface area (Å²) in [6.45, 7) is 41.3. The van der Waals surface area contributed by atoms with Crippen LogP contribution in [0.15, 0.2) is 0 Å². The van der Waals surface area contributed by atoms with Gasteiger partial charge in [-0.3, -0.25) is 0 Å². The molecule has 0 unspecified atom stereocenters. The Kier molecular flexibility index (Phi) is 10.6. The second kappa shape index (κ2) is 10.2. The van der Waals surface area contributed by atoms with Gasteiger partial charge in [0, 0.05) is 0 Å². The van der Waals surface area contributed by atoms with Gasteiger partial charge in [-0.25, -0.2) is 0 Å². The van der Waals surface area contributed by atoms with Gasteiger partial charge >= 0.3 is 0 Å². The van der Waals surface area contributed by atoms with Crippen molar-refractivity contribution in [3.63, 3.8) is 0 Å². The molecular formula is C21H59N3Si6. The minimum atomic E-state index is -1.87. The minimum absolute atomic E-state index is 1.27. The van der Waals surface area contributed by atoms with Crippen molar-refractivity contribution in [1.29, 1.82) is 0 Å². The predicted octanol–water partition coefficient (Wildman–Crippen LogP) is 7.13. The topological polar surface area (TPSA) is 9.72 Å². The van der Waals surface area contributed by atoms with Crippen LogP contribution in [0.5, 0.6) is 0 Å². The van der Waals surface area contributed by atoms with Crippen molar-refractivity contribution >= 4 is 48.4 Å². The summed E-state index contributed by atoms with van der Waals surface area (Å²) in [6, 6.07) is 4.39. The molecule has 0 aliphatic carbocycles. The quantitative estimate of drug-likeness (QED) is 0.253. The van der Waals surface area contributed by atoms with Gasteiger partial charge in [0.15, 0.2) is 7.91 Å². The summed E-state index contributed by atoms with van der Waals surface area (Å²) in [5.74, 6) is 0. The second-order valence-electron chi connectivity index (χ2n) is 13.9. The molecular weight excluding hydrogens is 463 g/mol. The Labute approximate surface area is 198 Å². The zero-order chi connectivity index (χ0) is 24.6. The largest absolute Gasteiger partial charge is 0.359 e. The van der Waals surface area contributed by atoms with E-state index in [1.807, 2.05) is 0 Å². The monoisotopic (exact) mass is 521 g/mol. The Hall–Kier alpha value is 1.18. The van der Waals surface area contributed by atoms with Crippen LogP contribution in [-0.4, -0.2) is 81.8 Å². The highest BCUT2D eigenvalue weighted by atomic mass is 29.3. The van der Waals surface area contributed by atoms with Crippen LogP contribution in [0.3, 0.4) is 0 Å². The molecule has 0 radical (unpaired) electrons. The first-order valence-corrected chi connectivity index (χ1v) is 32.1. The SMILES string of the molecule is CC[Si](CC)(CCN(C)C)[Si](C)(N([Si](C)(C)C)[Si](C)(C)C)N([Si](C)(C)C)[Si](C)(C)C. The van der Waals surface area contributed by atoms with Crippen LogP contribution in [0, 0.1) is 0 Å². The fraction of sp³-hybridized carbons (Fsp3) is 1.00. The lowest BCUT2D eigenvalue weighted by atomic mass is 10.7. The van der Waals surface area contributed by atoms with Crippen molar-refractivity contribution in [3.8, 4) is 0 Å². The molecule has 0 bridgehead atoms. The lowest BCUT2D eigenvalue weighted by Gasteiger charge is -2.69. The molecule has 182 valence electrons. The first-order chi connectivity index (χ1) is 13.0. The van der Waals surface area contributed by atoms with E-state index in [9.17, 15) is 0 Å². The number of rotatable bonds is 12. The van der Waals surface area contributed by atoms with Gasteiger partial charge < -0.3 is 12.7 Å². The maximum Gasteiger partial charge on any atom is 0.163 e. The van der Waals surface area contributed by atoms with Crippen molar-refractivity contribution in [1.82, 2.24) is 12.7 Å². The van der Waals surface area contributed by atoms with Gasteiger partial charge in [0.05, 0.1) is 7.59 Å². The van der Waals surface area contributed by atoms with Crippen LogP contribution in [0.4, 0.5) is 0 Å². The molecule has 0 saturated carbocycles. The molecule has 0 N–H and O–H groups in total. The number of nitrogens with zero attached hydrogens (tertiary/aromatic N) is 3. The van der Waals surface area contributed by atoms with Gasteiger partial charge in [-0.2, -0.15) is 0 Å². The van der Waals surface area contributed by atoms with Crippen LogP contribution < -0.4 is 0 Å². The van der Waals surface area contributed by atoms with Crippen LogP contribution in [0.25, 0.3) is 0 Å². The van der Waals surface area contributed by atoms with Gasteiger partial charge in [0.25, 0.3) is 0 Å². The Bertz CT molecular complexity index is 477. The van der Waals surface area contributed by atoms with E-state index in [2.05, 4.69) is 126 Å². The van der Waals surface area contributed by atoms with E-state index in [0.717, 1.165) is 0 Å². The molecule has 0 rings (SSSR count). The lowest BCUT2D eigenvalue weighted by Crippen LogP contribution is -2.91. The summed E-state index contributed by atoms with van der Waals surface area (Å²) < 4.78 is 6.80. The zero-order valence-electron chi connectivity index (χ0n) is 24.2. The van der Waals surface area contributed by atoms with Gasteiger partial charge in [-0.1, -0.05) is 104 Å². The van der Waals surface area contributed by atoms with Crippen molar-refractivity contribution in [2.75, 3.05) is 20.6 Å². The van der Waals surface area contributed by atoms with Crippen molar-refractivity contribution in [3.05, 3.63) is 0 Å². The molecule has 0 heterocycles. The van der Waals surface area contributed by atoms with Crippen LogP contribution >= 0.6 is 0 Å². The third-order valence-corrected chi connectivity index (χ3v) is 54.2. The molecule has 0 fully saturated rings. The Morgan fingerprint density at radius 2 is 0.767 bits per heavy atom. The molecule has 0 aromatic heterocycles. The zero-order valence-corrected chi connectivity index (χ0v) is 30.2. The highest BCUT2D eigenvalue weighted by Crippen LogP contribution is 2.45. The minimum Gasteiger partial charge on any atom is -0.359 e. The average molecular weight is 522 g/mol. The van der Waals surface area contributed by atoms with E-state index in [-0.39, 0.29) is 0 Å². The van der Waals surface area contributed by atoms with E-state index in [1.165, 1.54) is 24.7 Å². The Balaban J connectivity index is 7.49. The lowest BCUT2D eigenvalue weighted by molar-refractivity contribution is 0.431. The first kappa shape index (κ1) is 31.2. The van der Waals surface area contributed by atoms with Gasteiger partial charge in [-0.15, -0.1) is 0 Å². The summed E-state index contributed by atoms with van der Waals surface area (Å²) in [6.07, 6.45) is 0. The molecule has 30 heavy (non-hydrogen) atoms. The summed E-state index contributed by atoms with van der Waals surface area (Å²) in [7, 11) is -4.82. The summed E-state index contributed by atoms with van der Waals surface area (Å²) >= 11 is 0. The van der Waals surface area contributed by atoms with Crippen molar-refractivity contribution < 1.29 is 0 Å². The predicted molar refractivity (Wildman–Crippen MR) is 159 cm³/mol. The molecule has 0 spiro atoms. The summed E-state index contributed by atoms with van der Waals surface area (Å²) in [5.41, 5.74) is 0. The van der Waals surface area contributed by atoms with E-state index in [4.69, 9.17) is 0 Å². The molecule has 9 heteroatoms. The van der Waals surface area contributed by atoms with E-state index in [0.29, 0.717) is 0 Å². The maximum absolute atomic E-state index is 3.40. The van der Waals surface area contributed by atoms with E-state index >= 15 is 0 Å². The van der Waals surface area contributed by atoms with Crippen LogP contribution in [0.1, 0.15) is 13.8 Å². The maximum atomic E-state index is 3.40. The third kappa shape index (κ3) is 6.85. The van der Waals surface area contributed by atoms with E-state index in [1.54, 1.807) is 0 Å². The fourth-order valence-corrected chi connectivity index (χ4v) is 80.8. The molecule has 0 atom stereocenters. The molecule has 0 saturated heterocycles. The average Bonchev–Trinajstić information content (AvgIpc) is 2.41. The molecule has 0 amide bonds. The van der Waals surface area contributed by atoms with Gasteiger partial charge in [-0.05, 0) is 33.2 Å². The number of hydrogen-bond acceptors (Lipinski definition) is 3. The van der Waals surface area contributed by atoms with E-state index < -0.39 is 48.4 Å². The third-order valence-electron chi connectivity index (χ3n) is 6.95. The normalized spacial score (nSPS) is 15.6. The first-order valence-electron chi connectivity index (χ1n) is 12.3. The van der Waals surface area contributed by atoms with Gasteiger partial charge in [0.1, 0.15) is 32.9 Å². The highest BCUT2D eigenvalue weighted by molar-refractivity contribution is 7.46. The standard InChI is InChI=1S/C21H59N3Si6/c1-18-30(19-2,21-20-22(3)4)29(17,23(25(5,6)7)26(8,9)10)24(27(11,12)13)28(14,15)16/h18-21H2,1-17H3.